The minimum Gasteiger partial charge on any atom is -0.348 e. The minimum atomic E-state index is -0.650. The van der Waals surface area contributed by atoms with Gasteiger partial charge < -0.3 is 19.2 Å². The van der Waals surface area contributed by atoms with Gasteiger partial charge in [-0.15, -0.1) is 0 Å². The average Bonchev–Trinajstić information content (AvgIpc) is 3.10. The molecule has 2 aromatic heterocycles. The highest BCUT2D eigenvalue weighted by Crippen LogP contribution is 2.43. The largest absolute Gasteiger partial charge is 0.348 e. The van der Waals surface area contributed by atoms with E-state index in [0.717, 1.165) is 4.43 Å². The molecule has 0 spiro atoms. The van der Waals surface area contributed by atoms with Gasteiger partial charge in [-0.1, -0.05) is 22.6 Å². The first-order valence-electron chi connectivity index (χ1n) is 6.97. The van der Waals surface area contributed by atoms with Crippen LogP contribution in [0, 0.1) is 0 Å². The fourth-order valence-corrected chi connectivity index (χ4v) is 3.77. The molecule has 0 bridgehead atoms. The standard InChI is InChI=1S/C13H15IN4O4/c1-13(2)21-8-6(3-14)20-12(9(8)22-13)18-5-17-7-10(18)15-4-16-11(7)19/h4-6,8-9,12H,3H2,1-2H3,(H,15,16,19)/t6-,8+,9+,12-/m0/s1. The number of alkyl halides is 1. The van der Waals surface area contributed by atoms with Gasteiger partial charge in [-0.05, 0) is 13.8 Å². The van der Waals surface area contributed by atoms with Crippen LogP contribution in [-0.2, 0) is 14.2 Å². The summed E-state index contributed by atoms with van der Waals surface area (Å²) in [5.41, 5.74) is 0.501. The average molecular weight is 418 g/mol. The van der Waals surface area contributed by atoms with Gasteiger partial charge in [0.15, 0.2) is 23.2 Å². The normalized spacial score (nSPS) is 33.4. The van der Waals surface area contributed by atoms with Crippen molar-refractivity contribution in [3.8, 4) is 0 Å². The van der Waals surface area contributed by atoms with E-state index in [-0.39, 0.29) is 23.9 Å². The van der Waals surface area contributed by atoms with E-state index in [1.54, 1.807) is 10.9 Å². The molecule has 1 N–H and O–H groups in total. The van der Waals surface area contributed by atoms with Crippen LogP contribution >= 0.6 is 22.6 Å². The van der Waals surface area contributed by atoms with E-state index < -0.39 is 12.0 Å². The first kappa shape index (κ1) is 14.5. The molecular formula is C13H15IN4O4. The third-order valence-electron chi connectivity index (χ3n) is 3.92. The zero-order valence-corrected chi connectivity index (χ0v) is 14.2. The van der Waals surface area contributed by atoms with E-state index in [2.05, 4.69) is 37.5 Å². The Balaban J connectivity index is 1.78. The second-order valence-electron chi connectivity index (χ2n) is 5.84. The number of halogens is 1. The zero-order chi connectivity index (χ0) is 15.5. The molecule has 0 aromatic carbocycles. The van der Waals surface area contributed by atoms with E-state index >= 15 is 0 Å². The van der Waals surface area contributed by atoms with Crippen molar-refractivity contribution in [1.82, 2.24) is 19.5 Å². The Morgan fingerprint density at radius 3 is 2.91 bits per heavy atom. The summed E-state index contributed by atoms with van der Waals surface area (Å²) in [6, 6.07) is 0. The lowest BCUT2D eigenvalue weighted by Crippen LogP contribution is -2.30. The lowest BCUT2D eigenvalue weighted by atomic mass is 10.1. The van der Waals surface area contributed by atoms with E-state index in [1.807, 2.05) is 13.8 Å². The fourth-order valence-electron chi connectivity index (χ4n) is 3.06. The van der Waals surface area contributed by atoms with Crippen LogP contribution in [0.5, 0.6) is 0 Å². The number of hydrogen-bond acceptors (Lipinski definition) is 6. The molecule has 22 heavy (non-hydrogen) atoms. The molecule has 2 saturated heterocycles. The highest BCUT2D eigenvalue weighted by atomic mass is 127. The number of aromatic amines is 1. The molecule has 2 aliphatic heterocycles. The smallest absolute Gasteiger partial charge is 0.278 e. The Hall–Kier alpha value is -1.04. The van der Waals surface area contributed by atoms with Crippen molar-refractivity contribution in [2.75, 3.05) is 4.43 Å². The molecule has 2 aromatic rings. The number of fused-ring (bicyclic) bond motifs is 2. The summed E-state index contributed by atoms with van der Waals surface area (Å²) < 4.78 is 20.6. The van der Waals surface area contributed by atoms with E-state index in [9.17, 15) is 4.79 Å². The fraction of sp³-hybridized carbons (Fsp3) is 0.615. The lowest BCUT2D eigenvalue weighted by molar-refractivity contribution is -0.193. The molecule has 0 aliphatic carbocycles. The molecule has 118 valence electrons. The van der Waals surface area contributed by atoms with E-state index in [0.29, 0.717) is 11.2 Å². The van der Waals surface area contributed by atoms with Gasteiger partial charge in [-0.2, -0.15) is 0 Å². The van der Waals surface area contributed by atoms with Gasteiger partial charge in [0.1, 0.15) is 12.2 Å². The molecule has 2 fully saturated rings. The molecule has 4 rings (SSSR count). The number of aromatic nitrogens is 4. The number of H-pyrrole nitrogens is 1. The summed E-state index contributed by atoms with van der Waals surface area (Å²) >= 11 is 2.27. The molecule has 0 unspecified atom stereocenters. The van der Waals surface area contributed by atoms with Crippen LogP contribution < -0.4 is 5.56 Å². The summed E-state index contributed by atoms with van der Waals surface area (Å²) in [6.07, 6.45) is 2.05. The van der Waals surface area contributed by atoms with Crippen LogP contribution in [0.25, 0.3) is 11.2 Å². The monoisotopic (exact) mass is 418 g/mol. The van der Waals surface area contributed by atoms with Crippen LogP contribution in [0.2, 0.25) is 0 Å². The molecule has 4 atom stereocenters. The quantitative estimate of drug-likeness (QED) is 0.578. The van der Waals surface area contributed by atoms with Crippen molar-refractivity contribution in [3.63, 3.8) is 0 Å². The van der Waals surface area contributed by atoms with Crippen LogP contribution in [0.15, 0.2) is 17.4 Å². The Kier molecular flexibility index (Phi) is 3.29. The highest BCUT2D eigenvalue weighted by molar-refractivity contribution is 14.1. The van der Waals surface area contributed by atoms with Crippen molar-refractivity contribution in [3.05, 3.63) is 23.0 Å². The Morgan fingerprint density at radius 2 is 2.14 bits per heavy atom. The topological polar surface area (TPSA) is 91.3 Å². The number of nitrogens with one attached hydrogen (secondary N) is 1. The van der Waals surface area contributed by atoms with E-state index in [4.69, 9.17) is 14.2 Å². The van der Waals surface area contributed by atoms with Crippen molar-refractivity contribution >= 4 is 33.8 Å². The predicted octanol–water partition coefficient (Wildman–Crippen LogP) is 0.972. The molecule has 0 radical (unpaired) electrons. The van der Waals surface area contributed by atoms with Crippen LogP contribution in [0.4, 0.5) is 0 Å². The van der Waals surface area contributed by atoms with Gasteiger partial charge in [-0.3, -0.25) is 9.36 Å². The van der Waals surface area contributed by atoms with Crippen LogP contribution in [-0.4, -0.2) is 48.0 Å². The molecule has 0 saturated carbocycles. The first-order valence-corrected chi connectivity index (χ1v) is 8.50. The first-order chi connectivity index (χ1) is 10.5. The van der Waals surface area contributed by atoms with Crippen molar-refractivity contribution in [1.29, 1.82) is 0 Å². The van der Waals surface area contributed by atoms with Gasteiger partial charge >= 0.3 is 0 Å². The van der Waals surface area contributed by atoms with Gasteiger partial charge in [0.2, 0.25) is 0 Å². The molecule has 0 amide bonds. The second kappa shape index (κ2) is 4.98. The zero-order valence-electron chi connectivity index (χ0n) is 12.0. The molecule has 4 heterocycles. The van der Waals surface area contributed by atoms with Crippen molar-refractivity contribution in [2.24, 2.45) is 0 Å². The number of nitrogens with zero attached hydrogens (tertiary/aromatic N) is 3. The van der Waals surface area contributed by atoms with Crippen LogP contribution in [0.3, 0.4) is 0 Å². The maximum atomic E-state index is 11.8. The van der Waals surface area contributed by atoms with Gasteiger partial charge in [0.05, 0.1) is 18.8 Å². The highest BCUT2D eigenvalue weighted by Gasteiger charge is 2.55. The minimum absolute atomic E-state index is 0.0724. The summed E-state index contributed by atoms with van der Waals surface area (Å²) in [5, 5.41) is 0. The van der Waals surface area contributed by atoms with Gasteiger partial charge in [-0.25, -0.2) is 9.97 Å². The predicted molar refractivity (Wildman–Crippen MR) is 84.8 cm³/mol. The maximum absolute atomic E-state index is 11.8. The lowest BCUT2D eigenvalue weighted by Gasteiger charge is -2.24. The Bertz CT molecular complexity index is 773. The molecule has 8 nitrogen and oxygen atoms in total. The third-order valence-corrected chi connectivity index (χ3v) is 4.78. The number of hydrogen-bond donors (Lipinski definition) is 1. The summed E-state index contributed by atoms with van der Waals surface area (Å²) in [4.78, 5) is 22.7. The number of ether oxygens (including phenoxy) is 3. The maximum Gasteiger partial charge on any atom is 0.278 e. The second-order valence-corrected chi connectivity index (χ2v) is 6.72. The van der Waals surface area contributed by atoms with E-state index in [1.165, 1.54) is 6.33 Å². The Morgan fingerprint density at radius 1 is 1.36 bits per heavy atom. The molecular weight excluding hydrogens is 403 g/mol. The van der Waals surface area contributed by atoms with Gasteiger partial charge in [0, 0.05) is 4.43 Å². The van der Waals surface area contributed by atoms with Crippen molar-refractivity contribution in [2.45, 2.75) is 44.2 Å². The SMILES string of the molecule is CC1(C)O[C@@H]2[C@H](O1)[C@H](CI)O[C@@H]2n1cnc2c(=O)[nH]cnc21. The summed E-state index contributed by atoms with van der Waals surface area (Å²) in [7, 11) is 0. The summed E-state index contributed by atoms with van der Waals surface area (Å²) in [6.45, 7) is 3.78. The third kappa shape index (κ3) is 2.10. The van der Waals surface area contributed by atoms with Crippen LogP contribution in [0.1, 0.15) is 20.1 Å². The Labute approximate surface area is 139 Å². The number of rotatable bonds is 2. The van der Waals surface area contributed by atoms with Crippen molar-refractivity contribution < 1.29 is 14.2 Å². The molecule has 2 aliphatic rings. The summed E-state index contributed by atoms with van der Waals surface area (Å²) in [5.74, 6) is -0.650. The molecule has 9 heteroatoms. The van der Waals surface area contributed by atoms with Gasteiger partial charge in [0.25, 0.3) is 5.56 Å². The number of imidazole rings is 1.